The summed E-state index contributed by atoms with van der Waals surface area (Å²) in [5.41, 5.74) is 0. The maximum absolute atomic E-state index is 11.2. The lowest BCUT2D eigenvalue weighted by Crippen LogP contribution is -2.49. The molecule has 2 saturated heterocycles. The van der Waals surface area contributed by atoms with Gasteiger partial charge in [-0.05, 0) is 0 Å². The van der Waals surface area contributed by atoms with Gasteiger partial charge in [0.15, 0.2) is 0 Å². The van der Waals surface area contributed by atoms with Gasteiger partial charge in [-0.15, -0.1) is 11.8 Å². The first kappa shape index (κ1) is 9.96. The van der Waals surface area contributed by atoms with E-state index in [0.717, 1.165) is 37.7 Å². The van der Waals surface area contributed by atoms with Gasteiger partial charge in [0.25, 0.3) is 0 Å². The minimum absolute atomic E-state index is 0.537. The number of thioether (sulfide) groups is 1. The highest BCUT2D eigenvalue weighted by molar-refractivity contribution is 7.99. The molecule has 0 aromatic rings. The van der Waals surface area contributed by atoms with Gasteiger partial charge in [0, 0.05) is 54.2 Å². The second-order valence-electron chi connectivity index (χ2n) is 3.41. The van der Waals surface area contributed by atoms with Crippen molar-refractivity contribution in [1.29, 1.82) is 0 Å². The Balaban J connectivity index is 1.82. The highest BCUT2D eigenvalue weighted by Gasteiger charge is 2.24. The van der Waals surface area contributed by atoms with Crippen molar-refractivity contribution in [2.24, 2.45) is 0 Å². The molecule has 1 N–H and O–H groups in total. The molecule has 76 valence electrons. The second-order valence-corrected chi connectivity index (χ2v) is 6.40. The molecule has 3 nitrogen and oxygen atoms in total. The van der Waals surface area contributed by atoms with E-state index in [1.807, 2.05) is 11.8 Å². The van der Waals surface area contributed by atoms with Crippen molar-refractivity contribution in [2.75, 3.05) is 43.4 Å². The highest BCUT2D eigenvalue weighted by Crippen LogP contribution is 2.19. The fraction of sp³-hybridized carbons (Fsp3) is 1.00. The van der Waals surface area contributed by atoms with Gasteiger partial charge >= 0.3 is 0 Å². The van der Waals surface area contributed by atoms with E-state index in [1.54, 1.807) is 0 Å². The van der Waals surface area contributed by atoms with Gasteiger partial charge < -0.3 is 5.32 Å². The van der Waals surface area contributed by atoms with Crippen LogP contribution < -0.4 is 5.32 Å². The average Bonchev–Trinajstić information content (AvgIpc) is 2.20. The standard InChI is InChI=1S/C8H16N2OS2/c11-13-5-2-10(3-6-13)8-7-9-1-4-12-8/h8-9H,1-7H2. The Labute approximate surface area is 86.1 Å². The molecule has 0 aromatic carbocycles. The average molecular weight is 220 g/mol. The van der Waals surface area contributed by atoms with Crippen LogP contribution in [0, 0.1) is 0 Å². The molecule has 13 heavy (non-hydrogen) atoms. The first-order chi connectivity index (χ1) is 6.36. The number of nitrogens with one attached hydrogen (secondary N) is 1. The van der Waals surface area contributed by atoms with Crippen molar-refractivity contribution in [3.63, 3.8) is 0 Å². The lowest BCUT2D eigenvalue weighted by atomic mass is 10.4. The van der Waals surface area contributed by atoms with Crippen molar-refractivity contribution in [3.05, 3.63) is 0 Å². The first-order valence-electron chi connectivity index (χ1n) is 4.77. The summed E-state index contributed by atoms with van der Waals surface area (Å²) in [6, 6.07) is 0. The lowest BCUT2D eigenvalue weighted by molar-refractivity contribution is 0.271. The topological polar surface area (TPSA) is 32.3 Å². The van der Waals surface area contributed by atoms with Crippen LogP contribution in [0.25, 0.3) is 0 Å². The summed E-state index contributed by atoms with van der Waals surface area (Å²) in [4.78, 5) is 2.47. The molecule has 2 heterocycles. The molecule has 5 heteroatoms. The summed E-state index contributed by atoms with van der Waals surface area (Å²) in [6.45, 7) is 4.27. The van der Waals surface area contributed by atoms with Gasteiger partial charge in [0.2, 0.25) is 0 Å². The van der Waals surface area contributed by atoms with E-state index < -0.39 is 10.8 Å². The third-order valence-electron chi connectivity index (χ3n) is 2.53. The van der Waals surface area contributed by atoms with Crippen LogP contribution in [-0.2, 0) is 10.8 Å². The molecule has 1 unspecified atom stereocenters. The van der Waals surface area contributed by atoms with Crippen molar-refractivity contribution in [1.82, 2.24) is 10.2 Å². The normalized spacial score (nSPS) is 33.4. The fourth-order valence-electron chi connectivity index (χ4n) is 1.73. The Bertz CT molecular complexity index is 185. The number of hydrogen-bond acceptors (Lipinski definition) is 4. The van der Waals surface area contributed by atoms with Crippen molar-refractivity contribution < 1.29 is 4.21 Å². The molecule has 2 aliphatic rings. The van der Waals surface area contributed by atoms with E-state index in [1.165, 1.54) is 5.75 Å². The van der Waals surface area contributed by atoms with Gasteiger partial charge in [-0.25, -0.2) is 0 Å². The molecule has 2 fully saturated rings. The van der Waals surface area contributed by atoms with Crippen LogP contribution in [0.3, 0.4) is 0 Å². The molecule has 0 spiro atoms. The largest absolute Gasteiger partial charge is 0.313 e. The van der Waals surface area contributed by atoms with E-state index >= 15 is 0 Å². The summed E-state index contributed by atoms with van der Waals surface area (Å²) in [5, 5.41) is 4.04. The van der Waals surface area contributed by atoms with Crippen LogP contribution in [0.15, 0.2) is 0 Å². The minimum Gasteiger partial charge on any atom is -0.313 e. The zero-order chi connectivity index (χ0) is 9.10. The van der Waals surface area contributed by atoms with Crippen molar-refractivity contribution in [2.45, 2.75) is 5.37 Å². The van der Waals surface area contributed by atoms with Crippen LogP contribution in [0.2, 0.25) is 0 Å². The lowest BCUT2D eigenvalue weighted by Gasteiger charge is -2.36. The Morgan fingerprint density at radius 3 is 2.77 bits per heavy atom. The fourth-order valence-corrected chi connectivity index (χ4v) is 4.00. The third-order valence-corrected chi connectivity index (χ3v) is 5.09. The van der Waals surface area contributed by atoms with Gasteiger partial charge in [-0.3, -0.25) is 9.11 Å². The first-order valence-corrected chi connectivity index (χ1v) is 7.31. The Kier molecular flexibility index (Phi) is 3.66. The van der Waals surface area contributed by atoms with E-state index in [4.69, 9.17) is 0 Å². The molecule has 0 bridgehead atoms. The Morgan fingerprint density at radius 1 is 1.38 bits per heavy atom. The maximum Gasteiger partial charge on any atom is 0.0684 e. The summed E-state index contributed by atoms with van der Waals surface area (Å²) in [7, 11) is -0.537. The van der Waals surface area contributed by atoms with E-state index in [9.17, 15) is 4.21 Å². The summed E-state index contributed by atoms with van der Waals surface area (Å²) in [6.07, 6.45) is 0. The molecule has 0 aromatic heterocycles. The summed E-state index contributed by atoms with van der Waals surface area (Å²) in [5.74, 6) is 2.96. The van der Waals surface area contributed by atoms with E-state index in [2.05, 4.69) is 10.2 Å². The van der Waals surface area contributed by atoms with Crippen LogP contribution in [0.4, 0.5) is 0 Å². The molecular weight excluding hydrogens is 204 g/mol. The maximum atomic E-state index is 11.2. The number of nitrogens with zero attached hydrogens (tertiary/aromatic N) is 1. The van der Waals surface area contributed by atoms with Gasteiger partial charge in [-0.1, -0.05) is 0 Å². The highest BCUT2D eigenvalue weighted by atomic mass is 32.2. The molecule has 0 aliphatic carbocycles. The molecular formula is C8H16N2OS2. The van der Waals surface area contributed by atoms with Crippen LogP contribution in [0.5, 0.6) is 0 Å². The molecule has 0 amide bonds. The number of rotatable bonds is 1. The second kappa shape index (κ2) is 4.77. The summed E-state index contributed by atoms with van der Waals surface area (Å²) < 4.78 is 11.2. The van der Waals surface area contributed by atoms with Crippen LogP contribution in [0.1, 0.15) is 0 Å². The molecule has 1 atom stereocenters. The SMILES string of the molecule is O=S1CCN(C2CNCCS2)CC1. The van der Waals surface area contributed by atoms with Gasteiger partial charge in [0.1, 0.15) is 0 Å². The summed E-state index contributed by atoms with van der Waals surface area (Å²) >= 11 is 2.04. The van der Waals surface area contributed by atoms with Crippen molar-refractivity contribution >= 4 is 22.6 Å². The Morgan fingerprint density at radius 2 is 2.15 bits per heavy atom. The zero-order valence-electron chi connectivity index (χ0n) is 7.70. The monoisotopic (exact) mass is 220 g/mol. The Hall–Kier alpha value is 0.420. The molecule has 2 aliphatic heterocycles. The molecule has 0 radical (unpaired) electrons. The van der Waals surface area contributed by atoms with Gasteiger partial charge in [-0.2, -0.15) is 0 Å². The zero-order valence-corrected chi connectivity index (χ0v) is 9.33. The molecule has 0 saturated carbocycles. The smallest absolute Gasteiger partial charge is 0.0684 e. The third kappa shape index (κ3) is 2.68. The predicted octanol–water partition coefficient (Wildman–Crippen LogP) is -0.287. The van der Waals surface area contributed by atoms with Crippen LogP contribution >= 0.6 is 11.8 Å². The van der Waals surface area contributed by atoms with Gasteiger partial charge in [0.05, 0.1) is 5.37 Å². The quantitative estimate of drug-likeness (QED) is 0.658. The van der Waals surface area contributed by atoms with E-state index in [-0.39, 0.29) is 0 Å². The van der Waals surface area contributed by atoms with E-state index in [0.29, 0.717) is 5.37 Å². The van der Waals surface area contributed by atoms with Crippen LogP contribution in [-0.4, -0.2) is 57.9 Å². The predicted molar refractivity (Wildman–Crippen MR) is 58.6 cm³/mol. The van der Waals surface area contributed by atoms with Crippen molar-refractivity contribution in [3.8, 4) is 0 Å². The number of hydrogen-bond donors (Lipinski definition) is 1. The minimum atomic E-state index is -0.537. The molecule has 2 rings (SSSR count).